The zero-order valence-electron chi connectivity index (χ0n) is 11.9. The minimum Gasteiger partial charge on any atom is -0.356 e. The van der Waals surface area contributed by atoms with Crippen molar-refractivity contribution < 1.29 is 4.92 Å². The van der Waals surface area contributed by atoms with Crippen LogP contribution in [-0.2, 0) is 0 Å². The van der Waals surface area contributed by atoms with E-state index in [1.54, 1.807) is 12.1 Å². The predicted octanol–water partition coefficient (Wildman–Crippen LogP) is 2.32. The van der Waals surface area contributed by atoms with Gasteiger partial charge >= 0.3 is 0 Å². The van der Waals surface area contributed by atoms with Crippen LogP contribution in [0.4, 0.5) is 11.5 Å². The summed E-state index contributed by atoms with van der Waals surface area (Å²) in [5.41, 5.74) is 6.84. The van der Waals surface area contributed by atoms with E-state index in [-0.39, 0.29) is 16.7 Å². The van der Waals surface area contributed by atoms with E-state index in [9.17, 15) is 10.1 Å². The van der Waals surface area contributed by atoms with Crippen LogP contribution in [0.2, 0.25) is 0 Å². The zero-order chi connectivity index (χ0) is 15.0. The quantitative estimate of drug-likeness (QED) is 0.691. The molecule has 2 aromatic rings. The van der Waals surface area contributed by atoms with Crippen molar-refractivity contribution in [2.75, 3.05) is 18.0 Å². The van der Waals surface area contributed by atoms with Crippen LogP contribution in [0, 0.1) is 16.0 Å². The maximum Gasteiger partial charge on any atom is 0.270 e. The van der Waals surface area contributed by atoms with Gasteiger partial charge in [0.1, 0.15) is 5.82 Å². The molecule has 110 valence electrons. The molecule has 1 aromatic carbocycles. The Bertz CT molecular complexity index is 686. The lowest BCUT2D eigenvalue weighted by atomic mass is 10.0. The second-order valence-electron chi connectivity index (χ2n) is 5.66. The number of nitro groups is 1. The minimum atomic E-state index is -0.388. The smallest absolute Gasteiger partial charge is 0.270 e. The molecule has 6 heteroatoms. The highest BCUT2D eigenvalue weighted by Crippen LogP contribution is 2.27. The van der Waals surface area contributed by atoms with E-state index in [0.717, 1.165) is 36.2 Å². The molecule has 0 spiro atoms. The van der Waals surface area contributed by atoms with Gasteiger partial charge in [-0.05, 0) is 37.5 Å². The Kier molecular flexibility index (Phi) is 3.47. The predicted molar refractivity (Wildman–Crippen MR) is 82.4 cm³/mol. The number of nitrogens with zero attached hydrogens (tertiary/aromatic N) is 3. The third-order valence-corrected chi connectivity index (χ3v) is 4.16. The number of pyridine rings is 1. The molecule has 1 aliphatic rings. The first-order chi connectivity index (χ1) is 10.0. The number of nitrogens with two attached hydrogens (primary N) is 1. The van der Waals surface area contributed by atoms with Crippen LogP contribution < -0.4 is 10.6 Å². The Labute approximate surface area is 122 Å². The molecule has 2 heterocycles. The van der Waals surface area contributed by atoms with Crippen molar-refractivity contribution in [3.8, 4) is 0 Å². The second kappa shape index (κ2) is 5.29. The molecule has 3 rings (SSSR count). The molecule has 1 aromatic heterocycles. The summed E-state index contributed by atoms with van der Waals surface area (Å²) in [6.07, 6.45) is 1.08. The van der Waals surface area contributed by atoms with Gasteiger partial charge in [0.25, 0.3) is 5.69 Å². The Morgan fingerprint density at radius 1 is 1.43 bits per heavy atom. The Balaban J connectivity index is 1.88. The molecule has 1 fully saturated rings. The number of fused-ring (bicyclic) bond motifs is 1. The van der Waals surface area contributed by atoms with Gasteiger partial charge in [0.2, 0.25) is 0 Å². The van der Waals surface area contributed by atoms with Gasteiger partial charge in [0.05, 0.1) is 10.4 Å². The number of hydrogen-bond acceptors (Lipinski definition) is 5. The van der Waals surface area contributed by atoms with Gasteiger partial charge in [-0.15, -0.1) is 0 Å². The van der Waals surface area contributed by atoms with Crippen LogP contribution in [0.15, 0.2) is 30.3 Å². The topological polar surface area (TPSA) is 85.3 Å². The molecule has 2 N–H and O–H groups in total. The van der Waals surface area contributed by atoms with Gasteiger partial charge in [-0.1, -0.05) is 0 Å². The third-order valence-electron chi connectivity index (χ3n) is 4.16. The van der Waals surface area contributed by atoms with Crippen molar-refractivity contribution >= 4 is 22.4 Å². The van der Waals surface area contributed by atoms with Gasteiger partial charge in [0.15, 0.2) is 0 Å². The van der Waals surface area contributed by atoms with E-state index in [4.69, 9.17) is 5.73 Å². The molecule has 0 amide bonds. The van der Waals surface area contributed by atoms with E-state index in [1.165, 1.54) is 6.07 Å². The first-order valence-electron chi connectivity index (χ1n) is 7.10. The van der Waals surface area contributed by atoms with Crippen LogP contribution in [0.1, 0.15) is 13.3 Å². The fraction of sp³-hybridized carbons (Fsp3) is 0.400. The summed E-state index contributed by atoms with van der Waals surface area (Å²) in [6, 6.07) is 8.77. The van der Waals surface area contributed by atoms with E-state index in [2.05, 4.69) is 9.88 Å². The maximum absolute atomic E-state index is 10.8. The van der Waals surface area contributed by atoms with Gasteiger partial charge in [-0.25, -0.2) is 4.98 Å². The highest BCUT2D eigenvalue weighted by molar-refractivity contribution is 5.82. The highest BCUT2D eigenvalue weighted by Gasteiger charge is 2.26. The van der Waals surface area contributed by atoms with Crippen molar-refractivity contribution in [1.82, 2.24) is 4.98 Å². The fourth-order valence-electron chi connectivity index (χ4n) is 2.82. The van der Waals surface area contributed by atoms with Crippen molar-refractivity contribution in [2.24, 2.45) is 11.7 Å². The lowest BCUT2D eigenvalue weighted by Gasteiger charge is -2.19. The molecule has 0 radical (unpaired) electrons. The third kappa shape index (κ3) is 2.67. The molecule has 2 atom stereocenters. The molecule has 0 aliphatic carbocycles. The SMILES string of the molecule is CC(N)C1CCN(c2ccc3cc([N+](=O)[O-])ccc3n2)C1. The van der Waals surface area contributed by atoms with E-state index >= 15 is 0 Å². The molecular formula is C15H18N4O2. The second-order valence-corrected chi connectivity index (χ2v) is 5.66. The van der Waals surface area contributed by atoms with Gasteiger partial charge in [-0.3, -0.25) is 10.1 Å². The van der Waals surface area contributed by atoms with Gasteiger partial charge in [-0.2, -0.15) is 0 Å². The molecule has 21 heavy (non-hydrogen) atoms. The number of nitro benzene ring substituents is 1. The average Bonchev–Trinajstić information content (AvgIpc) is 2.96. The summed E-state index contributed by atoms with van der Waals surface area (Å²) in [6.45, 7) is 3.92. The average molecular weight is 286 g/mol. The van der Waals surface area contributed by atoms with Gasteiger partial charge < -0.3 is 10.6 Å². The van der Waals surface area contributed by atoms with Crippen LogP contribution >= 0.6 is 0 Å². The van der Waals surface area contributed by atoms with Gasteiger partial charge in [0, 0.05) is 36.7 Å². The molecule has 2 unspecified atom stereocenters. The van der Waals surface area contributed by atoms with E-state index < -0.39 is 0 Å². The first kappa shape index (κ1) is 13.8. The largest absolute Gasteiger partial charge is 0.356 e. The molecule has 0 bridgehead atoms. The zero-order valence-corrected chi connectivity index (χ0v) is 11.9. The van der Waals surface area contributed by atoms with Crippen molar-refractivity contribution in [2.45, 2.75) is 19.4 Å². The van der Waals surface area contributed by atoms with E-state index in [0.29, 0.717) is 5.92 Å². The number of anilines is 1. The Morgan fingerprint density at radius 2 is 2.24 bits per heavy atom. The normalized spacial score (nSPS) is 19.9. The summed E-state index contributed by atoms with van der Waals surface area (Å²) < 4.78 is 0. The molecule has 0 saturated carbocycles. The fourth-order valence-corrected chi connectivity index (χ4v) is 2.82. The monoisotopic (exact) mass is 286 g/mol. The summed E-state index contributed by atoms with van der Waals surface area (Å²) >= 11 is 0. The summed E-state index contributed by atoms with van der Waals surface area (Å²) in [5.74, 6) is 1.42. The summed E-state index contributed by atoms with van der Waals surface area (Å²) in [5, 5.41) is 11.6. The first-order valence-corrected chi connectivity index (χ1v) is 7.10. The Hall–Kier alpha value is -2.21. The number of non-ortho nitro benzene ring substituents is 1. The number of benzene rings is 1. The van der Waals surface area contributed by atoms with Crippen molar-refractivity contribution in [1.29, 1.82) is 0 Å². The van der Waals surface area contributed by atoms with Crippen molar-refractivity contribution in [3.05, 3.63) is 40.4 Å². The lowest BCUT2D eigenvalue weighted by Crippen LogP contribution is -2.29. The molecular weight excluding hydrogens is 268 g/mol. The van der Waals surface area contributed by atoms with Crippen LogP contribution in [0.5, 0.6) is 0 Å². The molecule has 1 aliphatic heterocycles. The van der Waals surface area contributed by atoms with Crippen LogP contribution in [0.3, 0.4) is 0 Å². The van der Waals surface area contributed by atoms with E-state index in [1.807, 2.05) is 19.1 Å². The van der Waals surface area contributed by atoms with Crippen LogP contribution in [0.25, 0.3) is 10.9 Å². The number of hydrogen-bond donors (Lipinski definition) is 1. The highest BCUT2D eigenvalue weighted by atomic mass is 16.6. The summed E-state index contributed by atoms with van der Waals surface area (Å²) in [7, 11) is 0. The Morgan fingerprint density at radius 3 is 2.90 bits per heavy atom. The number of aromatic nitrogens is 1. The summed E-state index contributed by atoms with van der Waals surface area (Å²) in [4.78, 5) is 17.2. The molecule has 6 nitrogen and oxygen atoms in total. The minimum absolute atomic E-state index is 0.0928. The number of rotatable bonds is 3. The van der Waals surface area contributed by atoms with Crippen LogP contribution in [-0.4, -0.2) is 29.0 Å². The standard InChI is InChI=1S/C15H18N4O2/c1-10(16)12-6-7-18(9-12)15-5-2-11-8-13(19(20)21)3-4-14(11)17-15/h2-5,8,10,12H,6-7,9,16H2,1H3. The maximum atomic E-state index is 10.8. The van der Waals surface area contributed by atoms with Crippen molar-refractivity contribution in [3.63, 3.8) is 0 Å². The molecule has 1 saturated heterocycles. The lowest BCUT2D eigenvalue weighted by molar-refractivity contribution is -0.384.